The number of nitrogens with zero attached hydrogens (tertiary/aromatic N) is 1. The molecule has 1 saturated heterocycles. The van der Waals surface area contributed by atoms with Crippen LogP contribution in [0.25, 0.3) is 6.08 Å². The lowest BCUT2D eigenvalue weighted by molar-refractivity contribution is -0.131. The molecule has 1 aromatic rings. The largest absolute Gasteiger partial charge is 0.478 e. The lowest BCUT2D eigenvalue weighted by Crippen LogP contribution is -2.37. The number of hydrogen-bond acceptors (Lipinski definition) is 4. The van der Waals surface area contributed by atoms with Gasteiger partial charge in [-0.25, -0.2) is 13.2 Å². The monoisotopic (exact) mass is 311 g/mol. The van der Waals surface area contributed by atoms with Crippen molar-refractivity contribution < 1.29 is 23.4 Å². The Morgan fingerprint density at radius 1 is 1.33 bits per heavy atom. The molecule has 7 heteroatoms. The lowest BCUT2D eigenvalue weighted by atomic mass is 10.2. The van der Waals surface area contributed by atoms with E-state index in [1.54, 1.807) is 12.1 Å². The predicted molar refractivity (Wildman–Crippen MR) is 77.1 cm³/mol. The van der Waals surface area contributed by atoms with Crippen LogP contribution in [0.3, 0.4) is 0 Å². The maximum absolute atomic E-state index is 12.5. The molecule has 1 atom stereocenters. The minimum Gasteiger partial charge on any atom is -0.478 e. The van der Waals surface area contributed by atoms with Crippen LogP contribution in [0, 0.1) is 0 Å². The van der Waals surface area contributed by atoms with E-state index in [2.05, 4.69) is 0 Å². The zero-order chi connectivity index (χ0) is 15.5. The first-order valence-electron chi connectivity index (χ1n) is 6.59. The highest BCUT2D eigenvalue weighted by Gasteiger charge is 2.34. The molecule has 2 rings (SSSR count). The summed E-state index contributed by atoms with van der Waals surface area (Å²) in [4.78, 5) is 10.6. The molecule has 0 amide bonds. The molecular formula is C14H17NO5S. The van der Waals surface area contributed by atoms with E-state index >= 15 is 0 Å². The van der Waals surface area contributed by atoms with Gasteiger partial charge in [-0.05, 0) is 36.6 Å². The molecule has 1 aromatic carbocycles. The third-order valence-corrected chi connectivity index (χ3v) is 5.40. The number of hydrogen-bond donors (Lipinski definition) is 2. The van der Waals surface area contributed by atoms with Crippen molar-refractivity contribution in [1.82, 2.24) is 4.31 Å². The number of rotatable bonds is 5. The van der Waals surface area contributed by atoms with E-state index in [0.717, 1.165) is 12.5 Å². The molecule has 1 aliphatic rings. The number of carboxylic acids is 1. The topological polar surface area (TPSA) is 94.9 Å². The van der Waals surface area contributed by atoms with Gasteiger partial charge in [-0.15, -0.1) is 0 Å². The summed E-state index contributed by atoms with van der Waals surface area (Å²) in [6, 6.07) is 5.64. The summed E-state index contributed by atoms with van der Waals surface area (Å²) in [5, 5.41) is 17.8. The number of benzene rings is 1. The second kappa shape index (κ2) is 6.38. The zero-order valence-electron chi connectivity index (χ0n) is 11.3. The van der Waals surface area contributed by atoms with Crippen LogP contribution in [0.1, 0.15) is 18.4 Å². The van der Waals surface area contributed by atoms with Crippen LogP contribution < -0.4 is 0 Å². The van der Waals surface area contributed by atoms with Crippen LogP contribution in [-0.4, -0.2) is 48.1 Å². The van der Waals surface area contributed by atoms with Crippen molar-refractivity contribution >= 4 is 22.1 Å². The van der Waals surface area contributed by atoms with Gasteiger partial charge in [0.05, 0.1) is 11.5 Å². The Labute approximate surface area is 123 Å². The summed E-state index contributed by atoms with van der Waals surface area (Å²) in [7, 11) is -3.62. The minimum atomic E-state index is -3.62. The molecule has 21 heavy (non-hydrogen) atoms. The zero-order valence-corrected chi connectivity index (χ0v) is 12.2. The Balaban J connectivity index is 2.23. The maximum atomic E-state index is 12.5. The van der Waals surface area contributed by atoms with Crippen molar-refractivity contribution in [2.75, 3.05) is 13.2 Å². The van der Waals surface area contributed by atoms with E-state index in [-0.39, 0.29) is 17.5 Å². The van der Waals surface area contributed by atoms with Crippen molar-refractivity contribution in [3.63, 3.8) is 0 Å². The summed E-state index contributed by atoms with van der Waals surface area (Å²) in [5.74, 6) is -1.06. The van der Waals surface area contributed by atoms with E-state index in [4.69, 9.17) is 5.11 Å². The van der Waals surface area contributed by atoms with Crippen LogP contribution in [0.2, 0.25) is 0 Å². The van der Waals surface area contributed by atoms with Crippen LogP contribution in [0.5, 0.6) is 0 Å². The highest BCUT2D eigenvalue weighted by molar-refractivity contribution is 7.89. The maximum Gasteiger partial charge on any atom is 0.328 e. The fourth-order valence-electron chi connectivity index (χ4n) is 2.36. The lowest BCUT2D eigenvalue weighted by Gasteiger charge is -2.22. The Kier molecular flexibility index (Phi) is 4.76. The van der Waals surface area contributed by atoms with Gasteiger partial charge < -0.3 is 10.2 Å². The Morgan fingerprint density at radius 3 is 2.57 bits per heavy atom. The molecule has 1 fully saturated rings. The van der Waals surface area contributed by atoms with E-state index in [1.165, 1.54) is 22.5 Å². The number of aliphatic hydroxyl groups is 1. The fourth-order valence-corrected chi connectivity index (χ4v) is 4.05. The van der Waals surface area contributed by atoms with Gasteiger partial charge in [0.15, 0.2) is 0 Å². The number of carboxylic acid groups (broad SMARTS) is 1. The Morgan fingerprint density at radius 2 is 2.00 bits per heavy atom. The van der Waals surface area contributed by atoms with Crippen molar-refractivity contribution in [2.45, 2.75) is 23.8 Å². The van der Waals surface area contributed by atoms with Crippen LogP contribution in [0.4, 0.5) is 0 Å². The molecule has 1 heterocycles. The summed E-state index contributed by atoms with van der Waals surface area (Å²) in [6.07, 6.45) is 3.79. The fraction of sp³-hybridized carbons (Fsp3) is 0.357. The normalized spacial score (nSPS) is 20.1. The summed E-state index contributed by atoms with van der Waals surface area (Å²) in [6.45, 7) is 0.229. The molecule has 0 aromatic heterocycles. The summed E-state index contributed by atoms with van der Waals surface area (Å²) < 4.78 is 26.3. The molecule has 0 unspecified atom stereocenters. The number of sulfonamides is 1. The minimum absolute atomic E-state index is 0.148. The standard InChI is InChI=1S/C14H17NO5S/c16-10-12-2-1-9-15(12)21(19,20)13-6-3-11(4-7-13)5-8-14(17)18/h3-8,12,16H,1-2,9-10H2,(H,17,18)/b8-5+/t12-/m0/s1. The summed E-state index contributed by atoms with van der Waals surface area (Å²) in [5.41, 5.74) is 0.608. The molecule has 114 valence electrons. The first-order chi connectivity index (χ1) is 9.95. The Hall–Kier alpha value is -1.70. The van der Waals surface area contributed by atoms with Gasteiger partial charge in [0.2, 0.25) is 10.0 Å². The van der Waals surface area contributed by atoms with Gasteiger partial charge in [-0.3, -0.25) is 0 Å². The molecular weight excluding hydrogens is 294 g/mol. The van der Waals surface area contributed by atoms with E-state index in [1.807, 2.05) is 0 Å². The molecule has 0 spiro atoms. The van der Waals surface area contributed by atoms with Gasteiger partial charge in [-0.2, -0.15) is 4.31 Å². The SMILES string of the molecule is O=C(O)/C=C/c1ccc(S(=O)(=O)N2CCC[C@H]2CO)cc1. The highest BCUT2D eigenvalue weighted by Crippen LogP contribution is 2.26. The van der Waals surface area contributed by atoms with E-state index in [9.17, 15) is 18.3 Å². The van der Waals surface area contributed by atoms with Crippen LogP contribution in [0.15, 0.2) is 35.2 Å². The smallest absolute Gasteiger partial charge is 0.328 e. The van der Waals surface area contributed by atoms with E-state index < -0.39 is 16.0 Å². The molecule has 0 radical (unpaired) electrons. The number of aliphatic carboxylic acids is 1. The van der Waals surface area contributed by atoms with Crippen molar-refractivity contribution in [2.24, 2.45) is 0 Å². The van der Waals surface area contributed by atoms with Gasteiger partial charge in [-0.1, -0.05) is 12.1 Å². The number of aliphatic hydroxyl groups excluding tert-OH is 1. The molecule has 0 saturated carbocycles. The van der Waals surface area contributed by atoms with Crippen molar-refractivity contribution in [3.8, 4) is 0 Å². The van der Waals surface area contributed by atoms with Gasteiger partial charge in [0.25, 0.3) is 0 Å². The van der Waals surface area contributed by atoms with Gasteiger partial charge in [0.1, 0.15) is 0 Å². The van der Waals surface area contributed by atoms with Gasteiger partial charge in [0, 0.05) is 18.7 Å². The van der Waals surface area contributed by atoms with Gasteiger partial charge >= 0.3 is 5.97 Å². The first-order valence-corrected chi connectivity index (χ1v) is 8.03. The van der Waals surface area contributed by atoms with Crippen LogP contribution in [-0.2, 0) is 14.8 Å². The molecule has 0 aliphatic carbocycles. The predicted octanol–water partition coefficient (Wildman–Crippen LogP) is 0.930. The Bertz CT molecular complexity index is 636. The summed E-state index contributed by atoms with van der Waals surface area (Å²) >= 11 is 0. The number of carbonyl (C=O) groups is 1. The second-order valence-corrected chi connectivity index (χ2v) is 6.73. The molecule has 1 aliphatic heterocycles. The van der Waals surface area contributed by atoms with E-state index in [0.29, 0.717) is 18.5 Å². The average Bonchev–Trinajstić information content (AvgIpc) is 2.94. The highest BCUT2D eigenvalue weighted by atomic mass is 32.2. The third-order valence-electron chi connectivity index (χ3n) is 3.44. The molecule has 0 bridgehead atoms. The third kappa shape index (κ3) is 3.49. The molecule has 2 N–H and O–H groups in total. The average molecular weight is 311 g/mol. The van der Waals surface area contributed by atoms with Crippen molar-refractivity contribution in [3.05, 3.63) is 35.9 Å². The van der Waals surface area contributed by atoms with Crippen LogP contribution >= 0.6 is 0 Å². The first kappa shape index (κ1) is 15.7. The molecule has 6 nitrogen and oxygen atoms in total. The second-order valence-electron chi connectivity index (χ2n) is 4.83. The van der Waals surface area contributed by atoms with Crippen molar-refractivity contribution in [1.29, 1.82) is 0 Å². The quantitative estimate of drug-likeness (QED) is 0.789.